The van der Waals surface area contributed by atoms with Crippen LogP contribution in [-0.2, 0) is 0 Å². The molecule has 0 saturated carbocycles. The van der Waals surface area contributed by atoms with Gasteiger partial charge in [0, 0.05) is 5.56 Å². The van der Waals surface area contributed by atoms with E-state index in [0.717, 1.165) is 37.1 Å². The maximum atomic E-state index is 10.4. The van der Waals surface area contributed by atoms with E-state index in [1.807, 2.05) is 24.3 Å². The number of hydrogen-bond donors (Lipinski definition) is 2. The number of fused-ring (bicyclic) bond motifs is 3. The van der Waals surface area contributed by atoms with Crippen LogP contribution in [0.1, 0.15) is 30.1 Å². The Labute approximate surface area is 125 Å². The Balaban J connectivity index is 1.86. The van der Waals surface area contributed by atoms with Crippen molar-refractivity contribution in [3.8, 4) is 11.8 Å². The van der Waals surface area contributed by atoms with Gasteiger partial charge in [0.1, 0.15) is 0 Å². The summed E-state index contributed by atoms with van der Waals surface area (Å²) < 4.78 is 0. The Bertz CT molecular complexity index is 576. The largest absolute Gasteiger partial charge is 0.390 e. The van der Waals surface area contributed by atoms with E-state index in [9.17, 15) is 10.2 Å². The molecule has 2 bridgehead atoms. The van der Waals surface area contributed by atoms with Crippen molar-refractivity contribution in [1.29, 1.82) is 0 Å². The normalized spacial score (nSPS) is 32.1. The van der Waals surface area contributed by atoms with Gasteiger partial charge in [0.2, 0.25) is 0 Å². The van der Waals surface area contributed by atoms with Crippen LogP contribution in [0.25, 0.3) is 0 Å². The molecule has 0 radical (unpaired) electrons. The maximum Gasteiger partial charge on any atom is 0.0983 e. The van der Waals surface area contributed by atoms with Crippen LogP contribution >= 0.6 is 0 Å². The molecular formula is C18H21NO2. The molecule has 3 nitrogen and oxygen atoms in total. The third-order valence-electron chi connectivity index (χ3n) is 4.63. The number of nitrogens with zero attached hydrogens (tertiary/aromatic N) is 1. The van der Waals surface area contributed by atoms with Gasteiger partial charge in [0.15, 0.2) is 0 Å². The number of hydrogen-bond acceptors (Lipinski definition) is 3. The van der Waals surface area contributed by atoms with Gasteiger partial charge in [-0.25, -0.2) is 0 Å². The molecule has 2 N–H and O–H groups in total. The summed E-state index contributed by atoms with van der Waals surface area (Å²) in [6.07, 6.45) is 2.59. The molecule has 3 aliphatic heterocycles. The van der Waals surface area contributed by atoms with Crippen LogP contribution in [0.5, 0.6) is 0 Å². The van der Waals surface area contributed by atoms with Gasteiger partial charge in [0.05, 0.1) is 18.2 Å². The van der Waals surface area contributed by atoms with Gasteiger partial charge in [-0.3, -0.25) is 4.90 Å². The van der Waals surface area contributed by atoms with Crippen molar-refractivity contribution in [3.05, 3.63) is 48.0 Å². The Morgan fingerprint density at radius 2 is 2.00 bits per heavy atom. The highest BCUT2D eigenvalue weighted by atomic mass is 16.3. The highest BCUT2D eigenvalue weighted by molar-refractivity contribution is 5.44. The maximum absolute atomic E-state index is 10.4. The molecule has 3 unspecified atom stereocenters. The highest BCUT2D eigenvalue weighted by Crippen LogP contribution is 2.32. The van der Waals surface area contributed by atoms with Crippen LogP contribution in [0.2, 0.25) is 0 Å². The quantitative estimate of drug-likeness (QED) is 0.641. The van der Waals surface area contributed by atoms with Gasteiger partial charge in [-0.15, -0.1) is 6.58 Å². The SMILES string of the molecule is C=CC(O)c1ccccc1C#CC1C(O)C2CCN1CC2. The number of piperidine rings is 3. The Kier molecular flexibility index (Phi) is 4.12. The van der Waals surface area contributed by atoms with E-state index in [0.29, 0.717) is 5.92 Å². The summed E-state index contributed by atoms with van der Waals surface area (Å²) in [6, 6.07) is 7.48. The molecule has 3 aliphatic rings. The smallest absolute Gasteiger partial charge is 0.0983 e. The van der Waals surface area contributed by atoms with Gasteiger partial charge >= 0.3 is 0 Å². The molecule has 0 spiro atoms. The summed E-state index contributed by atoms with van der Waals surface area (Å²) in [6.45, 7) is 5.68. The molecule has 3 atom stereocenters. The third-order valence-corrected chi connectivity index (χ3v) is 4.63. The van der Waals surface area contributed by atoms with Gasteiger partial charge in [0.25, 0.3) is 0 Å². The topological polar surface area (TPSA) is 43.7 Å². The first-order chi connectivity index (χ1) is 10.2. The van der Waals surface area contributed by atoms with Crippen molar-refractivity contribution in [2.45, 2.75) is 31.1 Å². The van der Waals surface area contributed by atoms with E-state index in [4.69, 9.17) is 0 Å². The molecule has 1 aromatic rings. The predicted octanol–water partition coefficient (Wildman–Crippen LogP) is 1.71. The van der Waals surface area contributed by atoms with Crippen LogP contribution in [0, 0.1) is 17.8 Å². The van der Waals surface area contributed by atoms with Crippen molar-refractivity contribution in [2.75, 3.05) is 13.1 Å². The second kappa shape index (κ2) is 6.03. The molecule has 0 aliphatic carbocycles. The standard InChI is InChI=1S/C18H21NO2/c1-2-17(20)15-6-4-3-5-13(15)7-8-16-18(21)14-9-11-19(16)12-10-14/h2-6,14,16-18,20-21H,1,9-12H2. The lowest BCUT2D eigenvalue weighted by atomic mass is 9.81. The van der Waals surface area contributed by atoms with E-state index in [-0.39, 0.29) is 12.1 Å². The molecule has 0 amide bonds. The van der Waals surface area contributed by atoms with Crippen LogP contribution in [-0.4, -0.2) is 40.3 Å². The van der Waals surface area contributed by atoms with E-state index in [1.165, 1.54) is 6.08 Å². The monoisotopic (exact) mass is 283 g/mol. The van der Waals surface area contributed by atoms with Crippen LogP contribution in [0.15, 0.2) is 36.9 Å². The van der Waals surface area contributed by atoms with Gasteiger partial charge in [-0.1, -0.05) is 36.1 Å². The first-order valence-corrected chi connectivity index (χ1v) is 7.54. The molecule has 1 aromatic carbocycles. The van der Waals surface area contributed by atoms with Gasteiger partial charge < -0.3 is 10.2 Å². The molecule has 0 aromatic heterocycles. The Hall–Kier alpha value is -1.60. The molecular weight excluding hydrogens is 262 g/mol. The molecule has 21 heavy (non-hydrogen) atoms. The predicted molar refractivity (Wildman–Crippen MR) is 82.6 cm³/mol. The first kappa shape index (κ1) is 14.3. The summed E-state index contributed by atoms with van der Waals surface area (Å²) in [5.41, 5.74) is 1.57. The second-order valence-corrected chi connectivity index (χ2v) is 5.85. The number of rotatable bonds is 2. The van der Waals surface area contributed by atoms with Crippen LogP contribution in [0.3, 0.4) is 0 Å². The average molecular weight is 283 g/mol. The average Bonchev–Trinajstić information content (AvgIpc) is 2.54. The van der Waals surface area contributed by atoms with Crippen molar-refractivity contribution in [3.63, 3.8) is 0 Å². The first-order valence-electron chi connectivity index (χ1n) is 7.54. The van der Waals surface area contributed by atoms with E-state index < -0.39 is 6.10 Å². The number of aliphatic hydroxyl groups is 2. The van der Waals surface area contributed by atoms with Crippen molar-refractivity contribution in [2.24, 2.45) is 5.92 Å². The zero-order chi connectivity index (χ0) is 14.8. The zero-order valence-electron chi connectivity index (χ0n) is 12.1. The lowest BCUT2D eigenvalue weighted by molar-refractivity contribution is -0.0500. The zero-order valence-corrected chi connectivity index (χ0v) is 12.1. The molecule has 4 rings (SSSR count). The Morgan fingerprint density at radius 1 is 1.29 bits per heavy atom. The lowest BCUT2D eigenvalue weighted by Crippen LogP contribution is -2.57. The summed E-state index contributed by atoms with van der Waals surface area (Å²) in [7, 11) is 0. The third kappa shape index (κ3) is 2.75. The van der Waals surface area contributed by atoms with Crippen molar-refractivity contribution in [1.82, 2.24) is 4.90 Å². The highest BCUT2D eigenvalue weighted by Gasteiger charge is 2.40. The fraction of sp³-hybridized carbons (Fsp3) is 0.444. The van der Waals surface area contributed by atoms with Crippen LogP contribution in [0.4, 0.5) is 0 Å². The van der Waals surface area contributed by atoms with E-state index in [2.05, 4.69) is 23.3 Å². The Morgan fingerprint density at radius 3 is 2.67 bits per heavy atom. The fourth-order valence-electron chi connectivity index (χ4n) is 3.34. The summed E-state index contributed by atoms with van der Waals surface area (Å²) in [5, 5.41) is 20.3. The summed E-state index contributed by atoms with van der Waals surface area (Å²) in [5.74, 6) is 6.76. The molecule has 3 heterocycles. The fourth-order valence-corrected chi connectivity index (χ4v) is 3.34. The minimum absolute atomic E-state index is 0.0774. The van der Waals surface area contributed by atoms with E-state index in [1.54, 1.807) is 0 Å². The van der Waals surface area contributed by atoms with Crippen molar-refractivity contribution < 1.29 is 10.2 Å². The van der Waals surface area contributed by atoms with E-state index >= 15 is 0 Å². The minimum Gasteiger partial charge on any atom is -0.390 e. The van der Waals surface area contributed by atoms with Gasteiger partial charge in [-0.05, 0) is 43.5 Å². The van der Waals surface area contributed by atoms with Crippen molar-refractivity contribution >= 4 is 0 Å². The summed E-state index contributed by atoms with van der Waals surface area (Å²) >= 11 is 0. The lowest BCUT2D eigenvalue weighted by Gasteiger charge is -2.46. The number of benzene rings is 1. The molecule has 3 fully saturated rings. The molecule has 110 valence electrons. The van der Waals surface area contributed by atoms with Crippen LogP contribution < -0.4 is 0 Å². The second-order valence-electron chi connectivity index (χ2n) is 5.85. The summed E-state index contributed by atoms with van der Waals surface area (Å²) in [4.78, 5) is 2.27. The molecule has 3 heteroatoms. The number of aliphatic hydroxyl groups excluding tert-OH is 2. The van der Waals surface area contributed by atoms with Gasteiger partial charge in [-0.2, -0.15) is 0 Å². The minimum atomic E-state index is -0.705. The molecule has 3 saturated heterocycles.